The van der Waals surface area contributed by atoms with Crippen LogP contribution >= 0.6 is 11.8 Å². The van der Waals surface area contributed by atoms with Crippen molar-refractivity contribution >= 4 is 23.4 Å². The molecule has 0 aliphatic heterocycles. The molecule has 2 atom stereocenters. The number of hydrogen-bond acceptors (Lipinski definition) is 4. The van der Waals surface area contributed by atoms with Crippen LogP contribution in [0.5, 0.6) is 0 Å². The Hall–Kier alpha value is -1.82. The molecule has 5 nitrogen and oxygen atoms in total. The van der Waals surface area contributed by atoms with Crippen LogP contribution in [0.1, 0.15) is 52.4 Å². The van der Waals surface area contributed by atoms with Crippen LogP contribution in [0.3, 0.4) is 0 Å². The number of aromatic nitrogens is 3. The van der Waals surface area contributed by atoms with Gasteiger partial charge in [-0.15, -0.1) is 10.2 Å². The van der Waals surface area contributed by atoms with Crippen molar-refractivity contribution in [2.75, 3.05) is 5.32 Å². The van der Waals surface area contributed by atoms with E-state index in [4.69, 9.17) is 0 Å². The Labute approximate surface area is 170 Å². The van der Waals surface area contributed by atoms with Crippen LogP contribution in [0.2, 0.25) is 0 Å². The minimum atomic E-state index is -0.172. The number of anilines is 1. The quantitative estimate of drug-likeness (QED) is 0.798. The van der Waals surface area contributed by atoms with Crippen LogP contribution < -0.4 is 5.32 Å². The molecular weight excluding hydrogens is 368 g/mol. The highest BCUT2D eigenvalue weighted by Crippen LogP contribution is 2.69. The van der Waals surface area contributed by atoms with Gasteiger partial charge in [-0.1, -0.05) is 13.8 Å². The summed E-state index contributed by atoms with van der Waals surface area (Å²) in [5, 5.41) is 12.1. The molecule has 4 aliphatic carbocycles. The van der Waals surface area contributed by atoms with Crippen LogP contribution in [0.25, 0.3) is 0 Å². The number of hydrogen-bond donors (Lipinski definition) is 1. The molecule has 1 amide bonds. The third-order valence-corrected chi connectivity index (χ3v) is 8.16. The molecule has 0 spiro atoms. The lowest BCUT2D eigenvalue weighted by atomic mass is 9.40. The fraction of sp³-hybridized carbons (Fsp3) is 0.591. The van der Waals surface area contributed by atoms with Gasteiger partial charge in [0.1, 0.15) is 6.33 Å². The number of nitrogens with one attached hydrogen (secondary N) is 1. The molecule has 2 aromatic rings. The second-order valence-electron chi connectivity index (χ2n) is 10.2. The molecule has 2 unspecified atom stereocenters. The van der Waals surface area contributed by atoms with E-state index in [1.165, 1.54) is 19.3 Å². The number of aryl methyl sites for hydroxylation is 1. The van der Waals surface area contributed by atoms with E-state index in [0.717, 1.165) is 40.9 Å². The van der Waals surface area contributed by atoms with E-state index in [9.17, 15) is 4.79 Å². The number of rotatable bonds is 4. The van der Waals surface area contributed by atoms with E-state index in [1.807, 2.05) is 35.9 Å². The summed E-state index contributed by atoms with van der Waals surface area (Å²) in [6, 6.07) is 8.08. The Morgan fingerprint density at radius 1 is 1.11 bits per heavy atom. The lowest BCUT2D eigenvalue weighted by Crippen LogP contribution is -2.58. The van der Waals surface area contributed by atoms with Crippen LogP contribution in [0.4, 0.5) is 5.69 Å². The van der Waals surface area contributed by atoms with E-state index in [0.29, 0.717) is 10.8 Å². The Kier molecular flexibility index (Phi) is 3.96. The average Bonchev–Trinajstić information content (AvgIpc) is 2.98. The van der Waals surface area contributed by atoms with E-state index in [-0.39, 0.29) is 11.3 Å². The normalized spacial score (nSPS) is 35.9. The van der Waals surface area contributed by atoms with Gasteiger partial charge in [0.15, 0.2) is 5.16 Å². The topological polar surface area (TPSA) is 59.8 Å². The smallest absolute Gasteiger partial charge is 0.230 e. The highest BCUT2D eigenvalue weighted by Gasteiger charge is 2.62. The maximum atomic E-state index is 13.4. The second kappa shape index (κ2) is 6.09. The van der Waals surface area contributed by atoms with Crippen molar-refractivity contribution < 1.29 is 4.79 Å². The molecule has 0 radical (unpaired) electrons. The summed E-state index contributed by atoms with van der Waals surface area (Å²) in [7, 11) is 1.93. The Balaban J connectivity index is 1.31. The number of benzene rings is 1. The Bertz CT molecular complexity index is 903. The molecule has 4 aliphatic rings. The predicted octanol–water partition coefficient (Wildman–Crippen LogP) is 4.90. The SMILES string of the molecule is Cn1cnnc1Sc1ccc(NC(=O)C23CC4CC(C)(CC(C)(C4)C2)C3)cc1. The van der Waals surface area contributed by atoms with Gasteiger partial charge in [0, 0.05) is 17.6 Å². The van der Waals surface area contributed by atoms with Gasteiger partial charge in [-0.2, -0.15) is 0 Å². The minimum absolute atomic E-state index is 0.172. The largest absolute Gasteiger partial charge is 0.326 e. The number of carbonyl (C=O) groups excluding carboxylic acids is 1. The molecule has 1 heterocycles. The molecule has 1 aromatic heterocycles. The summed E-state index contributed by atoms with van der Waals surface area (Å²) in [5.41, 5.74) is 1.41. The Morgan fingerprint density at radius 2 is 1.79 bits per heavy atom. The Morgan fingerprint density at radius 3 is 2.36 bits per heavy atom. The highest BCUT2D eigenvalue weighted by atomic mass is 32.2. The molecular formula is C22H28N4OS. The fourth-order valence-corrected chi connectivity index (χ4v) is 7.80. The van der Waals surface area contributed by atoms with Crippen LogP contribution in [0.15, 0.2) is 40.6 Å². The molecule has 28 heavy (non-hydrogen) atoms. The van der Waals surface area contributed by atoms with E-state index >= 15 is 0 Å². The van der Waals surface area contributed by atoms with Gasteiger partial charge in [-0.3, -0.25) is 4.79 Å². The lowest BCUT2D eigenvalue weighted by Gasteiger charge is -2.64. The zero-order valence-electron chi connectivity index (χ0n) is 16.9. The maximum absolute atomic E-state index is 13.4. The molecule has 4 saturated carbocycles. The zero-order valence-corrected chi connectivity index (χ0v) is 17.7. The molecule has 6 heteroatoms. The van der Waals surface area contributed by atoms with Gasteiger partial charge in [0.25, 0.3) is 0 Å². The lowest BCUT2D eigenvalue weighted by molar-refractivity contribution is -0.165. The van der Waals surface area contributed by atoms with Crippen molar-refractivity contribution in [2.24, 2.45) is 29.2 Å². The molecule has 4 fully saturated rings. The summed E-state index contributed by atoms with van der Waals surface area (Å²) in [6.45, 7) is 4.83. The van der Waals surface area contributed by atoms with Gasteiger partial charge in [-0.05, 0) is 91.3 Å². The van der Waals surface area contributed by atoms with Crippen molar-refractivity contribution in [2.45, 2.75) is 62.4 Å². The van der Waals surface area contributed by atoms with Crippen molar-refractivity contribution in [3.63, 3.8) is 0 Å². The van der Waals surface area contributed by atoms with Gasteiger partial charge in [0.2, 0.25) is 5.91 Å². The first kappa shape index (κ1) is 18.2. The average molecular weight is 397 g/mol. The first-order valence-electron chi connectivity index (χ1n) is 10.2. The molecule has 6 rings (SSSR count). The van der Waals surface area contributed by atoms with E-state index < -0.39 is 0 Å². The second-order valence-corrected chi connectivity index (χ2v) is 11.3. The van der Waals surface area contributed by atoms with Crippen molar-refractivity contribution in [1.29, 1.82) is 0 Å². The standard InChI is InChI=1S/C22H28N4OS/c1-20-8-15-9-21(2,11-20)13-22(10-15,12-20)18(27)24-16-4-6-17(7-5-16)28-19-25-23-14-26(19)3/h4-7,14-15H,8-13H2,1-3H3,(H,24,27). The first-order chi connectivity index (χ1) is 13.3. The predicted molar refractivity (Wildman–Crippen MR) is 110 cm³/mol. The summed E-state index contributed by atoms with van der Waals surface area (Å²) >= 11 is 1.57. The van der Waals surface area contributed by atoms with Gasteiger partial charge in [0.05, 0.1) is 5.41 Å². The van der Waals surface area contributed by atoms with Gasteiger partial charge >= 0.3 is 0 Å². The fourth-order valence-electron chi connectivity index (χ4n) is 7.04. The third kappa shape index (κ3) is 3.06. The van der Waals surface area contributed by atoms with Gasteiger partial charge in [-0.25, -0.2) is 0 Å². The van der Waals surface area contributed by atoms with Crippen LogP contribution in [-0.2, 0) is 11.8 Å². The molecule has 1 N–H and O–H groups in total. The zero-order chi connectivity index (χ0) is 19.6. The van der Waals surface area contributed by atoms with Gasteiger partial charge < -0.3 is 9.88 Å². The summed E-state index contributed by atoms with van der Waals surface area (Å²) in [5.74, 6) is 0.963. The number of carbonyl (C=O) groups is 1. The van der Waals surface area contributed by atoms with Crippen LogP contribution in [0, 0.1) is 22.2 Å². The maximum Gasteiger partial charge on any atom is 0.230 e. The monoisotopic (exact) mass is 396 g/mol. The third-order valence-electron chi connectivity index (χ3n) is 7.10. The molecule has 4 bridgehead atoms. The summed E-state index contributed by atoms with van der Waals surface area (Å²) in [4.78, 5) is 14.5. The van der Waals surface area contributed by atoms with E-state index in [1.54, 1.807) is 18.1 Å². The van der Waals surface area contributed by atoms with E-state index in [2.05, 4.69) is 29.4 Å². The van der Waals surface area contributed by atoms with Crippen LogP contribution in [-0.4, -0.2) is 20.7 Å². The number of amides is 1. The highest BCUT2D eigenvalue weighted by molar-refractivity contribution is 7.99. The van der Waals surface area contributed by atoms with Crippen molar-refractivity contribution in [1.82, 2.24) is 14.8 Å². The summed E-state index contributed by atoms with van der Waals surface area (Å²) in [6.07, 6.45) is 8.79. The number of nitrogens with zero attached hydrogens (tertiary/aromatic N) is 3. The molecule has 1 aromatic carbocycles. The minimum Gasteiger partial charge on any atom is -0.326 e. The molecule has 0 saturated heterocycles. The first-order valence-corrected chi connectivity index (χ1v) is 11.0. The van der Waals surface area contributed by atoms with Crippen molar-refractivity contribution in [3.8, 4) is 0 Å². The molecule has 148 valence electrons. The summed E-state index contributed by atoms with van der Waals surface area (Å²) < 4.78 is 1.90. The van der Waals surface area contributed by atoms with Crippen molar-refractivity contribution in [3.05, 3.63) is 30.6 Å².